The zero-order valence-corrected chi connectivity index (χ0v) is 14.3. The van der Waals surface area contributed by atoms with Crippen molar-refractivity contribution in [2.24, 2.45) is 5.11 Å². The summed E-state index contributed by atoms with van der Waals surface area (Å²) in [5.74, 6) is 0. The van der Waals surface area contributed by atoms with Gasteiger partial charge >= 0.3 is 0 Å². The van der Waals surface area contributed by atoms with Crippen molar-refractivity contribution in [1.82, 2.24) is 0 Å². The van der Waals surface area contributed by atoms with Crippen LogP contribution in [0.2, 0.25) is 0 Å². The van der Waals surface area contributed by atoms with Crippen molar-refractivity contribution in [3.8, 4) is 0 Å². The highest BCUT2D eigenvalue weighted by molar-refractivity contribution is 5.38. The highest BCUT2D eigenvalue weighted by atomic mass is 16.3. The Labute approximate surface area is 132 Å². The monoisotopic (exact) mass is 305 g/mol. The van der Waals surface area contributed by atoms with Gasteiger partial charge in [-0.2, -0.15) is 0 Å². The molecule has 2 atom stereocenters. The Bertz CT molecular complexity index is 532. The number of hydrogen-bond donors (Lipinski definition) is 2. The highest BCUT2D eigenvalue weighted by Crippen LogP contribution is 2.32. The lowest BCUT2D eigenvalue weighted by molar-refractivity contribution is 0.0242. The van der Waals surface area contributed by atoms with Crippen molar-refractivity contribution in [3.05, 3.63) is 45.3 Å². The predicted octanol–water partition coefficient (Wildman–Crippen LogP) is 3.99. The summed E-state index contributed by atoms with van der Waals surface area (Å²) in [4.78, 5) is 2.62. The minimum absolute atomic E-state index is 0.0640. The molecule has 0 fully saturated rings. The summed E-state index contributed by atoms with van der Waals surface area (Å²) in [6.07, 6.45) is -2.19. The molecule has 122 valence electrons. The highest BCUT2D eigenvalue weighted by Gasteiger charge is 2.24. The molecular formula is C17H27N3O2. The lowest BCUT2D eigenvalue weighted by Crippen LogP contribution is -2.23. The normalized spacial score (nSPS) is 15.1. The topological polar surface area (TPSA) is 89.2 Å². The molecule has 0 aromatic heterocycles. The van der Waals surface area contributed by atoms with E-state index in [2.05, 4.69) is 57.6 Å². The molecule has 0 spiro atoms. The average molecular weight is 305 g/mol. The fourth-order valence-corrected chi connectivity index (χ4v) is 2.13. The van der Waals surface area contributed by atoms with Crippen molar-refractivity contribution in [1.29, 1.82) is 0 Å². The SMILES string of the molecule is CC(C)(C)c1cc(C(O)C(O)CN=[N+]=[N-])cc(C(C)(C)C)c1. The van der Waals surface area contributed by atoms with Gasteiger partial charge in [0.15, 0.2) is 0 Å². The summed E-state index contributed by atoms with van der Waals surface area (Å²) in [6.45, 7) is 12.5. The first-order chi connectivity index (χ1) is 9.96. The standard InChI is InChI=1S/C17H27N3O2/c1-16(2,3)12-7-11(8-13(9-12)17(4,5)6)15(22)14(21)10-19-20-18/h7-9,14-15,21-22H,10H2,1-6H3. The third-order valence-corrected chi connectivity index (χ3v) is 3.73. The number of azide groups is 1. The molecule has 0 aliphatic rings. The van der Waals surface area contributed by atoms with Crippen LogP contribution in [-0.2, 0) is 10.8 Å². The lowest BCUT2D eigenvalue weighted by atomic mass is 9.79. The van der Waals surface area contributed by atoms with Gasteiger partial charge in [-0.25, -0.2) is 0 Å². The maximum Gasteiger partial charge on any atom is 0.105 e. The van der Waals surface area contributed by atoms with Crippen LogP contribution in [0.5, 0.6) is 0 Å². The van der Waals surface area contributed by atoms with Crippen LogP contribution in [-0.4, -0.2) is 22.9 Å². The molecule has 0 amide bonds. The fraction of sp³-hybridized carbons (Fsp3) is 0.647. The quantitative estimate of drug-likeness (QED) is 0.500. The summed E-state index contributed by atoms with van der Waals surface area (Å²) in [6, 6.07) is 5.98. The molecule has 0 heterocycles. The largest absolute Gasteiger partial charge is 0.390 e. The fourth-order valence-electron chi connectivity index (χ4n) is 2.13. The minimum Gasteiger partial charge on any atom is -0.390 e. The van der Waals surface area contributed by atoms with Crippen LogP contribution in [0.15, 0.2) is 23.3 Å². The Kier molecular flexibility index (Phi) is 5.63. The van der Waals surface area contributed by atoms with E-state index in [4.69, 9.17) is 5.53 Å². The summed E-state index contributed by atoms with van der Waals surface area (Å²) >= 11 is 0. The molecule has 1 aromatic rings. The maximum absolute atomic E-state index is 10.4. The van der Waals surface area contributed by atoms with E-state index in [0.29, 0.717) is 5.56 Å². The van der Waals surface area contributed by atoms with Crippen molar-refractivity contribution in [2.45, 2.75) is 64.6 Å². The maximum atomic E-state index is 10.4. The Hall–Kier alpha value is -1.55. The number of benzene rings is 1. The van der Waals surface area contributed by atoms with E-state index < -0.39 is 12.2 Å². The van der Waals surface area contributed by atoms with Gasteiger partial charge < -0.3 is 10.2 Å². The van der Waals surface area contributed by atoms with E-state index in [-0.39, 0.29) is 17.4 Å². The molecule has 22 heavy (non-hydrogen) atoms. The average Bonchev–Trinajstić information content (AvgIpc) is 2.41. The third-order valence-electron chi connectivity index (χ3n) is 3.73. The van der Waals surface area contributed by atoms with Crippen LogP contribution in [0.1, 0.15) is 64.3 Å². The van der Waals surface area contributed by atoms with Gasteiger partial charge in [0.25, 0.3) is 0 Å². The molecule has 0 bridgehead atoms. The van der Waals surface area contributed by atoms with Crippen molar-refractivity contribution >= 4 is 0 Å². The second-order valence-electron chi connectivity index (χ2n) is 7.77. The summed E-state index contributed by atoms with van der Waals surface area (Å²) < 4.78 is 0. The van der Waals surface area contributed by atoms with Crippen LogP contribution in [0.4, 0.5) is 0 Å². The van der Waals surface area contributed by atoms with Crippen LogP contribution < -0.4 is 0 Å². The molecule has 0 radical (unpaired) electrons. The van der Waals surface area contributed by atoms with Crippen molar-refractivity contribution in [2.75, 3.05) is 6.54 Å². The minimum atomic E-state index is -1.11. The van der Waals surface area contributed by atoms with Gasteiger partial charge in [-0.15, -0.1) is 0 Å². The number of nitrogens with zero attached hydrogens (tertiary/aromatic N) is 3. The van der Waals surface area contributed by atoms with Gasteiger partial charge in [-0.05, 0) is 33.1 Å². The molecule has 2 N–H and O–H groups in total. The van der Waals surface area contributed by atoms with E-state index in [1.165, 1.54) is 0 Å². The second kappa shape index (κ2) is 6.69. The van der Waals surface area contributed by atoms with E-state index in [9.17, 15) is 10.2 Å². The van der Waals surface area contributed by atoms with Gasteiger partial charge in [-0.1, -0.05) is 64.9 Å². The Morgan fingerprint density at radius 2 is 1.45 bits per heavy atom. The first kappa shape index (κ1) is 18.5. The van der Waals surface area contributed by atoms with Gasteiger partial charge in [0, 0.05) is 4.91 Å². The lowest BCUT2D eigenvalue weighted by Gasteiger charge is -2.28. The van der Waals surface area contributed by atoms with E-state index in [0.717, 1.165) is 11.1 Å². The molecule has 0 saturated carbocycles. The predicted molar refractivity (Wildman–Crippen MR) is 88.8 cm³/mol. The van der Waals surface area contributed by atoms with Crippen LogP contribution in [0.25, 0.3) is 10.4 Å². The molecule has 0 saturated heterocycles. The molecule has 5 nitrogen and oxygen atoms in total. The molecule has 1 aromatic carbocycles. The molecular weight excluding hydrogens is 278 g/mol. The summed E-state index contributed by atoms with van der Waals surface area (Å²) in [5.41, 5.74) is 11.1. The van der Waals surface area contributed by atoms with Crippen LogP contribution >= 0.6 is 0 Å². The van der Waals surface area contributed by atoms with E-state index in [1.54, 1.807) is 0 Å². The molecule has 2 unspecified atom stereocenters. The number of aliphatic hydroxyl groups excluding tert-OH is 2. The van der Waals surface area contributed by atoms with Crippen molar-refractivity contribution < 1.29 is 10.2 Å². The smallest absolute Gasteiger partial charge is 0.105 e. The Morgan fingerprint density at radius 1 is 1.00 bits per heavy atom. The molecule has 5 heteroatoms. The summed E-state index contributed by atoms with van der Waals surface area (Å²) in [7, 11) is 0. The molecule has 1 rings (SSSR count). The summed E-state index contributed by atoms with van der Waals surface area (Å²) in [5, 5.41) is 23.7. The van der Waals surface area contributed by atoms with E-state index >= 15 is 0 Å². The van der Waals surface area contributed by atoms with E-state index in [1.807, 2.05) is 12.1 Å². The Morgan fingerprint density at radius 3 is 1.82 bits per heavy atom. The Balaban J connectivity index is 3.32. The number of hydrogen-bond acceptors (Lipinski definition) is 3. The third kappa shape index (κ3) is 4.73. The number of rotatable bonds is 4. The van der Waals surface area contributed by atoms with Gasteiger partial charge in [0.1, 0.15) is 6.10 Å². The second-order valence-corrected chi connectivity index (χ2v) is 7.77. The van der Waals surface area contributed by atoms with Crippen LogP contribution in [0.3, 0.4) is 0 Å². The number of aliphatic hydroxyl groups is 2. The van der Waals surface area contributed by atoms with Crippen molar-refractivity contribution in [3.63, 3.8) is 0 Å². The van der Waals surface area contributed by atoms with Gasteiger partial charge in [0.05, 0.1) is 12.6 Å². The van der Waals surface area contributed by atoms with Crippen LogP contribution in [0, 0.1) is 0 Å². The van der Waals surface area contributed by atoms with Gasteiger partial charge in [0.2, 0.25) is 0 Å². The molecule has 0 aliphatic heterocycles. The zero-order valence-electron chi connectivity index (χ0n) is 14.3. The first-order valence-corrected chi connectivity index (χ1v) is 7.49. The zero-order chi connectivity index (χ0) is 17.1. The molecule has 0 aliphatic carbocycles. The van der Waals surface area contributed by atoms with Gasteiger partial charge in [-0.3, -0.25) is 0 Å². The first-order valence-electron chi connectivity index (χ1n) is 7.49.